The zero-order valence-corrected chi connectivity index (χ0v) is 24.0. The molecule has 4 N–H and O–H groups in total. The first-order chi connectivity index (χ1) is 20.9. The summed E-state index contributed by atoms with van der Waals surface area (Å²) in [5, 5.41) is 6.18. The summed E-state index contributed by atoms with van der Waals surface area (Å²) in [6.45, 7) is 2.47. The number of ether oxygens (including phenoxy) is 2. The summed E-state index contributed by atoms with van der Waals surface area (Å²) >= 11 is 0. The van der Waals surface area contributed by atoms with Gasteiger partial charge in [0.1, 0.15) is 0 Å². The SMILES string of the molecule is NC1CCC(NC(=O)c2ccc(N3CCCN(C(=O)c4cccnc4)CC3)c(NC(=O)c3ccc4c(c3)OCO4)c2)CC1. The van der Waals surface area contributed by atoms with Crippen molar-refractivity contribution in [2.45, 2.75) is 44.2 Å². The maximum atomic E-state index is 13.4. The van der Waals surface area contributed by atoms with E-state index in [0.29, 0.717) is 60.1 Å². The van der Waals surface area contributed by atoms with Gasteiger partial charge < -0.3 is 35.6 Å². The monoisotopic (exact) mass is 584 g/mol. The van der Waals surface area contributed by atoms with Crippen LogP contribution >= 0.6 is 0 Å². The molecule has 6 rings (SSSR count). The Hall–Kier alpha value is -4.64. The molecule has 2 aliphatic heterocycles. The number of amides is 3. The van der Waals surface area contributed by atoms with Crippen molar-refractivity contribution in [2.75, 3.05) is 43.2 Å². The molecule has 1 saturated heterocycles. The van der Waals surface area contributed by atoms with Gasteiger partial charge in [-0.15, -0.1) is 0 Å². The molecule has 43 heavy (non-hydrogen) atoms. The van der Waals surface area contributed by atoms with Gasteiger partial charge in [-0.25, -0.2) is 0 Å². The van der Waals surface area contributed by atoms with Crippen molar-refractivity contribution in [1.29, 1.82) is 0 Å². The van der Waals surface area contributed by atoms with Crippen molar-refractivity contribution < 1.29 is 23.9 Å². The summed E-state index contributed by atoms with van der Waals surface area (Å²) in [5.41, 5.74) is 8.77. The molecule has 0 unspecified atom stereocenters. The molecule has 3 aliphatic rings. The molecule has 11 nitrogen and oxygen atoms in total. The minimum atomic E-state index is -0.332. The predicted molar refractivity (Wildman–Crippen MR) is 162 cm³/mol. The van der Waals surface area contributed by atoms with Gasteiger partial charge in [0, 0.05) is 61.8 Å². The van der Waals surface area contributed by atoms with Crippen molar-refractivity contribution in [2.24, 2.45) is 5.73 Å². The van der Waals surface area contributed by atoms with Crippen molar-refractivity contribution in [1.82, 2.24) is 15.2 Å². The minimum Gasteiger partial charge on any atom is -0.454 e. The quantitative estimate of drug-likeness (QED) is 0.401. The van der Waals surface area contributed by atoms with Gasteiger partial charge in [0.05, 0.1) is 16.9 Å². The number of carbonyl (C=O) groups excluding carboxylic acids is 3. The summed E-state index contributed by atoms with van der Waals surface area (Å²) in [5.74, 6) is 0.534. The fourth-order valence-electron chi connectivity index (χ4n) is 5.85. The molecule has 0 bridgehead atoms. The first-order valence-corrected chi connectivity index (χ1v) is 14.8. The number of nitrogens with one attached hydrogen (secondary N) is 2. The number of rotatable bonds is 6. The van der Waals surface area contributed by atoms with Crippen LogP contribution in [0.3, 0.4) is 0 Å². The molecule has 2 aromatic carbocycles. The highest BCUT2D eigenvalue weighted by atomic mass is 16.7. The molecule has 11 heteroatoms. The smallest absolute Gasteiger partial charge is 0.255 e. The van der Waals surface area contributed by atoms with Crippen LogP contribution in [-0.4, -0.2) is 72.7 Å². The number of nitrogens with two attached hydrogens (primary N) is 1. The summed E-state index contributed by atoms with van der Waals surface area (Å²) < 4.78 is 10.8. The third kappa shape index (κ3) is 6.56. The Morgan fingerprint density at radius 2 is 1.63 bits per heavy atom. The Labute approximate surface area is 250 Å². The van der Waals surface area contributed by atoms with Gasteiger partial charge in [0.2, 0.25) is 6.79 Å². The maximum Gasteiger partial charge on any atom is 0.255 e. The zero-order chi connectivity index (χ0) is 29.8. The van der Waals surface area contributed by atoms with Crippen LogP contribution in [0.25, 0.3) is 0 Å². The lowest BCUT2D eigenvalue weighted by Gasteiger charge is -2.28. The van der Waals surface area contributed by atoms with E-state index in [1.165, 1.54) is 0 Å². The predicted octanol–water partition coefficient (Wildman–Crippen LogP) is 3.41. The number of benzene rings is 2. The van der Waals surface area contributed by atoms with E-state index in [-0.39, 0.29) is 36.6 Å². The Morgan fingerprint density at radius 3 is 2.44 bits per heavy atom. The lowest BCUT2D eigenvalue weighted by Crippen LogP contribution is -2.40. The highest BCUT2D eigenvalue weighted by molar-refractivity contribution is 6.07. The molecule has 0 atom stereocenters. The number of pyridine rings is 1. The molecule has 1 aromatic heterocycles. The fraction of sp³-hybridized carbons (Fsp3) is 0.375. The van der Waals surface area contributed by atoms with E-state index in [2.05, 4.69) is 20.5 Å². The van der Waals surface area contributed by atoms with Gasteiger partial charge in [-0.05, 0) is 80.6 Å². The van der Waals surface area contributed by atoms with Crippen LogP contribution in [0.2, 0.25) is 0 Å². The lowest BCUT2D eigenvalue weighted by atomic mass is 9.91. The highest BCUT2D eigenvalue weighted by Gasteiger charge is 2.25. The molecule has 3 aromatic rings. The molecular weight excluding hydrogens is 548 g/mol. The van der Waals surface area contributed by atoms with Gasteiger partial charge in [-0.1, -0.05) is 0 Å². The van der Waals surface area contributed by atoms with Gasteiger partial charge >= 0.3 is 0 Å². The minimum absolute atomic E-state index is 0.0537. The molecular formula is C32H36N6O5. The topological polar surface area (TPSA) is 139 Å². The highest BCUT2D eigenvalue weighted by Crippen LogP contribution is 2.34. The van der Waals surface area contributed by atoms with E-state index >= 15 is 0 Å². The Morgan fingerprint density at radius 1 is 0.837 bits per heavy atom. The number of nitrogens with zero attached hydrogens (tertiary/aromatic N) is 3. The molecule has 1 aliphatic carbocycles. The van der Waals surface area contributed by atoms with E-state index in [9.17, 15) is 14.4 Å². The molecule has 2 fully saturated rings. The number of hydrogen-bond donors (Lipinski definition) is 3. The van der Waals surface area contributed by atoms with Crippen LogP contribution in [0.1, 0.15) is 63.2 Å². The summed E-state index contributed by atoms with van der Waals surface area (Å²) in [7, 11) is 0. The lowest BCUT2D eigenvalue weighted by molar-refractivity contribution is 0.0766. The van der Waals surface area contributed by atoms with E-state index < -0.39 is 0 Å². The first kappa shape index (κ1) is 28.5. The number of anilines is 2. The molecule has 0 radical (unpaired) electrons. The fourth-order valence-corrected chi connectivity index (χ4v) is 5.85. The standard InChI is InChI=1S/C32H36N6O5/c33-24-6-8-25(9-7-24)35-30(39)21-4-10-27(26(17-21)36-31(40)22-5-11-28-29(18-22)43-20-42-28)37-13-2-14-38(16-15-37)32(41)23-3-1-12-34-19-23/h1,3-5,10-12,17-19,24-25H,2,6-9,13-16,20,33H2,(H,35,39)(H,36,40). The molecule has 0 spiro atoms. The zero-order valence-electron chi connectivity index (χ0n) is 24.0. The second kappa shape index (κ2) is 12.7. The third-order valence-electron chi connectivity index (χ3n) is 8.28. The van der Waals surface area contributed by atoms with E-state index in [1.54, 1.807) is 54.9 Å². The molecule has 1 saturated carbocycles. The van der Waals surface area contributed by atoms with Gasteiger partial charge in [-0.3, -0.25) is 19.4 Å². The first-order valence-electron chi connectivity index (χ1n) is 14.8. The largest absolute Gasteiger partial charge is 0.454 e. The third-order valence-corrected chi connectivity index (χ3v) is 8.28. The summed E-state index contributed by atoms with van der Waals surface area (Å²) in [4.78, 5) is 47.9. The van der Waals surface area contributed by atoms with Crippen molar-refractivity contribution in [3.05, 3.63) is 77.6 Å². The Bertz CT molecular complexity index is 1490. The number of aromatic nitrogens is 1. The van der Waals surface area contributed by atoms with E-state index in [4.69, 9.17) is 15.2 Å². The van der Waals surface area contributed by atoms with Crippen LogP contribution in [0.4, 0.5) is 11.4 Å². The summed E-state index contributed by atoms with van der Waals surface area (Å²) in [6.07, 6.45) is 7.44. The molecule has 224 valence electrons. The number of carbonyl (C=O) groups is 3. The Kier molecular flexibility index (Phi) is 8.41. The van der Waals surface area contributed by atoms with Crippen LogP contribution in [0.15, 0.2) is 60.9 Å². The van der Waals surface area contributed by atoms with E-state index in [0.717, 1.165) is 37.8 Å². The summed E-state index contributed by atoms with van der Waals surface area (Å²) in [6, 6.07) is 14.2. The second-order valence-corrected chi connectivity index (χ2v) is 11.2. The Balaban J connectivity index is 1.23. The van der Waals surface area contributed by atoms with Crippen LogP contribution in [0, 0.1) is 0 Å². The molecule has 3 amide bonds. The van der Waals surface area contributed by atoms with Gasteiger partial charge in [0.25, 0.3) is 17.7 Å². The second-order valence-electron chi connectivity index (χ2n) is 11.2. The van der Waals surface area contributed by atoms with Crippen molar-refractivity contribution in [3.63, 3.8) is 0 Å². The number of fused-ring (bicyclic) bond motifs is 1. The normalized spacial score (nSPS) is 19.8. The van der Waals surface area contributed by atoms with E-state index in [1.807, 2.05) is 11.0 Å². The average molecular weight is 585 g/mol. The maximum absolute atomic E-state index is 13.4. The van der Waals surface area contributed by atoms with Crippen LogP contribution in [0.5, 0.6) is 11.5 Å². The molecule has 3 heterocycles. The van der Waals surface area contributed by atoms with Gasteiger partial charge in [-0.2, -0.15) is 0 Å². The van der Waals surface area contributed by atoms with Gasteiger partial charge in [0.15, 0.2) is 11.5 Å². The number of hydrogen-bond acceptors (Lipinski definition) is 8. The van der Waals surface area contributed by atoms with Crippen molar-refractivity contribution in [3.8, 4) is 11.5 Å². The average Bonchev–Trinajstić information content (AvgIpc) is 3.37. The van der Waals surface area contributed by atoms with Crippen molar-refractivity contribution >= 4 is 29.1 Å². The van der Waals surface area contributed by atoms with Crippen LogP contribution < -0.4 is 30.7 Å². The van der Waals surface area contributed by atoms with Crippen LogP contribution in [-0.2, 0) is 0 Å².